The minimum atomic E-state index is -1.23. The Morgan fingerprint density at radius 1 is 1.42 bits per heavy atom. The summed E-state index contributed by atoms with van der Waals surface area (Å²) in [5.74, 6) is -1.13. The highest BCUT2D eigenvalue weighted by Crippen LogP contribution is 2.16. The van der Waals surface area contributed by atoms with Crippen molar-refractivity contribution in [3.05, 3.63) is 0 Å². The number of carboxylic acid groups (broad SMARTS) is 2. The molecule has 1 unspecified atom stereocenters. The fourth-order valence-corrected chi connectivity index (χ4v) is 1.31. The summed E-state index contributed by atoms with van der Waals surface area (Å²) in [5.41, 5.74) is 5.42. The average molecular weight is 174 g/mol. The van der Waals surface area contributed by atoms with Crippen LogP contribution < -0.4 is 5.73 Å². The summed E-state index contributed by atoms with van der Waals surface area (Å²) in [6.45, 7) is 0.103. The van der Waals surface area contributed by atoms with E-state index in [0.717, 1.165) is 4.90 Å². The molecule has 1 saturated heterocycles. The molecule has 1 amide bonds. The maximum absolute atomic E-state index is 10.5. The molecule has 1 rings (SSSR count). The molecule has 0 aromatic heterocycles. The standard InChI is InChI=1S/C6H10N2O4/c7-3-1-4(5(9)10)8(2-3)6(11)12/h3-4H,1-2,7H2,(H,9,10)(H,11,12)/t3?,4-/m1/s1. The van der Waals surface area contributed by atoms with E-state index in [2.05, 4.69) is 0 Å². The summed E-state index contributed by atoms with van der Waals surface area (Å²) in [5, 5.41) is 17.1. The van der Waals surface area contributed by atoms with Crippen molar-refractivity contribution >= 4 is 12.1 Å². The van der Waals surface area contributed by atoms with Crippen molar-refractivity contribution in [3.8, 4) is 0 Å². The minimum Gasteiger partial charge on any atom is -0.480 e. The van der Waals surface area contributed by atoms with E-state index < -0.39 is 18.1 Å². The number of likely N-dealkylation sites (tertiary alicyclic amines) is 1. The van der Waals surface area contributed by atoms with Crippen LogP contribution in [0.25, 0.3) is 0 Å². The SMILES string of the molecule is NC1C[C@H](C(=O)O)N(C(=O)O)C1. The first-order valence-electron chi connectivity index (χ1n) is 3.50. The summed E-state index contributed by atoms with van der Waals surface area (Å²) in [6.07, 6.45) is -1.03. The number of carboxylic acids is 1. The van der Waals surface area contributed by atoms with Crippen LogP contribution in [0.2, 0.25) is 0 Å². The second kappa shape index (κ2) is 2.98. The first-order chi connectivity index (χ1) is 5.52. The molecule has 0 aliphatic carbocycles. The number of hydrogen-bond donors (Lipinski definition) is 3. The number of rotatable bonds is 1. The van der Waals surface area contributed by atoms with Gasteiger partial charge in [-0.15, -0.1) is 0 Å². The molecule has 0 bridgehead atoms. The summed E-state index contributed by atoms with van der Waals surface area (Å²) in [7, 11) is 0. The normalized spacial score (nSPS) is 28.9. The smallest absolute Gasteiger partial charge is 0.408 e. The van der Waals surface area contributed by atoms with E-state index in [1.165, 1.54) is 0 Å². The maximum Gasteiger partial charge on any atom is 0.408 e. The topological polar surface area (TPSA) is 104 Å². The van der Waals surface area contributed by atoms with Gasteiger partial charge in [0.2, 0.25) is 0 Å². The Hall–Kier alpha value is -1.30. The molecule has 1 heterocycles. The first kappa shape index (κ1) is 8.79. The average Bonchev–Trinajstić information content (AvgIpc) is 2.31. The van der Waals surface area contributed by atoms with Crippen LogP contribution in [0.4, 0.5) is 4.79 Å². The van der Waals surface area contributed by atoms with Crippen molar-refractivity contribution in [2.45, 2.75) is 18.5 Å². The molecule has 0 aromatic carbocycles. The van der Waals surface area contributed by atoms with Gasteiger partial charge in [-0.3, -0.25) is 4.90 Å². The molecule has 0 radical (unpaired) electrons. The van der Waals surface area contributed by atoms with Gasteiger partial charge >= 0.3 is 12.1 Å². The molecule has 12 heavy (non-hydrogen) atoms. The summed E-state index contributed by atoms with van der Waals surface area (Å²) in [4.78, 5) is 21.8. The van der Waals surface area contributed by atoms with E-state index in [-0.39, 0.29) is 19.0 Å². The molecule has 0 aromatic rings. The molecular weight excluding hydrogens is 164 g/mol. The zero-order chi connectivity index (χ0) is 9.30. The highest BCUT2D eigenvalue weighted by molar-refractivity contribution is 5.80. The van der Waals surface area contributed by atoms with Gasteiger partial charge < -0.3 is 15.9 Å². The van der Waals surface area contributed by atoms with E-state index in [0.29, 0.717) is 0 Å². The highest BCUT2D eigenvalue weighted by Gasteiger charge is 2.38. The van der Waals surface area contributed by atoms with Crippen molar-refractivity contribution in [2.75, 3.05) is 6.54 Å². The lowest BCUT2D eigenvalue weighted by atomic mass is 10.2. The second-order valence-corrected chi connectivity index (χ2v) is 2.78. The van der Waals surface area contributed by atoms with E-state index in [1.807, 2.05) is 0 Å². The van der Waals surface area contributed by atoms with Crippen LogP contribution in [-0.4, -0.2) is 45.8 Å². The molecular formula is C6H10N2O4. The van der Waals surface area contributed by atoms with Crippen molar-refractivity contribution in [1.29, 1.82) is 0 Å². The Kier molecular flexibility index (Phi) is 2.18. The third-order valence-corrected chi connectivity index (χ3v) is 1.86. The van der Waals surface area contributed by atoms with Gasteiger partial charge in [0.05, 0.1) is 0 Å². The Balaban J connectivity index is 2.72. The number of hydrogen-bond acceptors (Lipinski definition) is 3. The van der Waals surface area contributed by atoms with E-state index in [4.69, 9.17) is 15.9 Å². The molecule has 6 nitrogen and oxygen atoms in total. The molecule has 68 valence electrons. The number of nitrogens with zero attached hydrogens (tertiary/aromatic N) is 1. The van der Waals surface area contributed by atoms with Crippen molar-refractivity contribution in [1.82, 2.24) is 4.90 Å². The third kappa shape index (κ3) is 1.48. The Morgan fingerprint density at radius 3 is 2.33 bits per heavy atom. The lowest BCUT2D eigenvalue weighted by molar-refractivity contribution is -0.141. The highest BCUT2D eigenvalue weighted by atomic mass is 16.4. The lowest BCUT2D eigenvalue weighted by Gasteiger charge is -2.16. The Bertz CT molecular complexity index is 196. The van der Waals surface area contributed by atoms with Crippen LogP contribution in [0.3, 0.4) is 0 Å². The largest absolute Gasteiger partial charge is 0.480 e. The van der Waals surface area contributed by atoms with Gasteiger partial charge in [-0.05, 0) is 6.42 Å². The van der Waals surface area contributed by atoms with Crippen LogP contribution in [0.15, 0.2) is 0 Å². The minimum absolute atomic E-state index is 0.103. The monoisotopic (exact) mass is 174 g/mol. The molecule has 4 N–H and O–H groups in total. The number of aliphatic carboxylic acids is 1. The number of amides is 1. The van der Waals surface area contributed by atoms with Gasteiger partial charge in [0, 0.05) is 12.6 Å². The molecule has 0 saturated carbocycles. The van der Waals surface area contributed by atoms with E-state index >= 15 is 0 Å². The van der Waals surface area contributed by atoms with Gasteiger partial charge in [-0.1, -0.05) is 0 Å². The summed E-state index contributed by atoms with van der Waals surface area (Å²) >= 11 is 0. The molecule has 1 aliphatic rings. The predicted molar refractivity (Wildman–Crippen MR) is 38.7 cm³/mol. The molecule has 2 atom stereocenters. The van der Waals surface area contributed by atoms with Crippen LogP contribution >= 0.6 is 0 Å². The third-order valence-electron chi connectivity index (χ3n) is 1.86. The van der Waals surface area contributed by atoms with Gasteiger partial charge in [0.15, 0.2) is 0 Å². The molecule has 1 fully saturated rings. The number of carbonyl (C=O) groups is 2. The fraction of sp³-hybridized carbons (Fsp3) is 0.667. The maximum atomic E-state index is 10.5. The van der Waals surface area contributed by atoms with Crippen LogP contribution in [0.1, 0.15) is 6.42 Å². The van der Waals surface area contributed by atoms with Crippen molar-refractivity contribution < 1.29 is 19.8 Å². The zero-order valence-electron chi connectivity index (χ0n) is 6.30. The van der Waals surface area contributed by atoms with E-state index in [9.17, 15) is 9.59 Å². The molecule has 0 spiro atoms. The van der Waals surface area contributed by atoms with Crippen molar-refractivity contribution in [2.24, 2.45) is 5.73 Å². The molecule has 1 aliphatic heterocycles. The fourth-order valence-electron chi connectivity index (χ4n) is 1.31. The van der Waals surface area contributed by atoms with Gasteiger partial charge in [-0.25, -0.2) is 9.59 Å². The quantitative estimate of drug-likeness (QED) is 0.480. The van der Waals surface area contributed by atoms with Crippen molar-refractivity contribution in [3.63, 3.8) is 0 Å². The first-order valence-corrected chi connectivity index (χ1v) is 3.50. The Morgan fingerprint density at radius 2 is 2.00 bits per heavy atom. The van der Waals surface area contributed by atoms with E-state index in [1.54, 1.807) is 0 Å². The number of nitrogens with two attached hydrogens (primary N) is 1. The van der Waals surface area contributed by atoms with Crippen LogP contribution in [0.5, 0.6) is 0 Å². The second-order valence-electron chi connectivity index (χ2n) is 2.78. The lowest BCUT2D eigenvalue weighted by Crippen LogP contribution is -2.39. The predicted octanol–water partition coefficient (Wildman–Crippen LogP) is -0.849. The summed E-state index contributed by atoms with van der Waals surface area (Å²) in [6, 6.07) is -1.33. The van der Waals surface area contributed by atoms with Gasteiger partial charge in [0.25, 0.3) is 0 Å². The summed E-state index contributed by atoms with van der Waals surface area (Å²) < 4.78 is 0. The zero-order valence-corrected chi connectivity index (χ0v) is 6.30. The Labute approximate surface area is 68.6 Å². The van der Waals surface area contributed by atoms with Gasteiger partial charge in [-0.2, -0.15) is 0 Å². The van der Waals surface area contributed by atoms with Crippen LogP contribution in [0, 0.1) is 0 Å². The molecule has 6 heteroatoms. The van der Waals surface area contributed by atoms with Gasteiger partial charge in [0.1, 0.15) is 6.04 Å². The van der Waals surface area contributed by atoms with Crippen LogP contribution in [-0.2, 0) is 4.79 Å².